The fraction of sp³-hybridized carbons (Fsp3) is 0.417. The molecule has 0 aliphatic carbocycles. The zero-order valence-corrected chi connectivity index (χ0v) is 9.24. The number of nitriles is 1. The van der Waals surface area contributed by atoms with Gasteiger partial charge in [-0.3, -0.25) is 4.90 Å². The van der Waals surface area contributed by atoms with Gasteiger partial charge in [-0.25, -0.2) is 0 Å². The van der Waals surface area contributed by atoms with Crippen LogP contribution < -0.4 is 0 Å². The Bertz CT molecular complexity index is 383. The number of hydrogen-bond donors (Lipinski definition) is 0. The average molecular weight is 221 g/mol. The fourth-order valence-corrected chi connectivity index (χ4v) is 1.96. The lowest BCUT2D eigenvalue weighted by molar-refractivity contribution is 0.489. The highest BCUT2D eigenvalue weighted by atomic mass is 35.5. The zero-order chi connectivity index (χ0) is 10.7. The molecule has 1 heterocycles. The molecule has 78 valence electrons. The third-order valence-corrected chi connectivity index (χ3v) is 3.12. The summed E-state index contributed by atoms with van der Waals surface area (Å²) in [7, 11) is 0. The van der Waals surface area contributed by atoms with Crippen LogP contribution in [0.3, 0.4) is 0 Å². The number of hydrogen-bond acceptors (Lipinski definition) is 2. The molecule has 0 aromatic heterocycles. The Balaban J connectivity index is 1.85. The van der Waals surface area contributed by atoms with E-state index >= 15 is 0 Å². The van der Waals surface area contributed by atoms with Crippen LogP contribution in [-0.4, -0.2) is 17.5 Å². The van der Waals surface area contributed by atoms with Crippen molar-refractivity contribution >= 4 is 11.6 Å². The SMILES string of the molecule is N#CCCC1CN1Cc1ccccc1Cl. The average Bonchev–Trinajstić information content (AvgIpc) is 2.97. The number of benzene rings is 1. The summed E-state index contributed by atoms with van der Waals surface area (Å²) in [6.45, 7) is 2.02. The molecule has 2 atom stereocenters. The van der Waals surface area contributed by atoms with Crippen molar-refractivity contribution in [1.82, 2.24) is 4.90 Å². The van der Waals surface area contributed by atoms with Crippen LogP contribution in [0.2, 0.25) is 5.02 Å². The van der Waals surface area contributed by atoms with Gasteiger partial charge in [0.1, 0.15) is 0 Å². The van der Waals surface area contributed by atoms with Gasteiger partial charge < -0.3 is 0 Å². The highest BCUT2D eigenvalue weighted by Crippen LogP contribution is 2.27. The molecule has 1 fully saturated rings. The molecule has 0 N–H and O–H groups in total. The predicted molar refractivity (Wildman–Crippen MR) is 60.5 cm³/mol. The molecule has 0 amide bonds. The summed E-state index contributed by atoms with van der Waals surface area (Å²) in [4.78, 5) is 2.35. The van der Waals surface area contributed by atoms with E-state index in [0.29, 0.717) is 12.5 Å². The van der Waals surface area contributed by atoms with Crippen LogP contribution in [0.5, 0.6) is 0 Å². The first-order valence-electron chi connectivity index (χ1n) is 5.15. The third kappa shape index (κ3) is 2.71. The van der Waals surface area contributed by atoms with Gasteiger partial charge in [0.05, 0.1) is 6.07 Å². The molecule has 0 bridgehead atoms. The molecule has 1 saturated heterocycles. The second-order valence-electron chi connectivity index (χ2n) is 3.87. The smallest absolute Gasteiger partial charge is 0.0622 e. The summed E-state index contributed by atoms with van der Waals surface area (Å²) in [6.07, 6.45) is 1.64. The van der Waals surface area contributed by atoms with Crippen LogP contribution >= 0.6 is 11.6 Å². The first-order valence-corrected chi connectivity index (χ1v) is 5.53. The second kappa shape index (κ2) is 4.65. The van der Waals surface area contributed by atoms with Gasteiger partial charge in [-0.15, -0.1) is 0 Å². The first-order chi connectivity index (χ1) is 7.31. The van der Waals surface area contributed by atoms with Crippen LogP contribution in [0.1, 0.15) is 18.4 Å². The number of halogens is 1. The molecule has 0 spiro atoms. The summed E-state index contributed by atoms with van der Waals surface area (Å²) in [6, 6.07) is 10.7. The van der Waals surface area contributed by atoms with E-state index in [9.17, 15) is 0 Å². The minimum Gasteiger partial charge on any atom is -0.293 e. The van der Waals surface area contributed by atoms with Crippen LogP contribution in [0, 0.1) is 11.3 Å². The molecule has 1 aromatic carbocycles. The molecule has 1 aliphatic heterocycles. The van der Waals surface area contributed by atoms with Gasteiger partial charge >= 0.3 is 0 Å². The highest BCUT2D eigenvalue weighted by Gasteiger charge is 2.33. The molecular formula is C12H13ClN2. The van der Waals surface area contributed by atoms with Crippen molar-refractivity contribution in [2.45, 2.75) is 25.4 Å². The maximum Gasteiger partial charge on any atom is 0.0622 e. The number of nitrogens with zero attached hydrogens (tertiary/aromatic N) is 2. The Kier molecular flexibility index (Phi) is 3.25. The van der Waals surface area contributed by atoms with Crippen molar-refractivity contribution in [3.05, 3.63) is 34.9 Å². The first kappa shape index (κ1) is 10.5. The van der Waals surface area contributed by atoms with E-state index in [-0.39, 0.29) is 0 Å². The van der Waals surface area contributed by atoms with Gasteiger partial charge in [0, 0.05) is 30.6 Å². The summed E-state index contributed by atoms with van der Waals surface area (Å²) in [5.74, 6) is 0. The summed E-state index contributed by atoms with van der Waals surface area (Å²) in [5, 5.41) is 9.31. The highest BCUT2D eigenvalue weighted by molar-refractivity contribution is 6.31. The minimum atomic E-state index is 0.598. The molecular weight excluding hydrogens is 208 g/mol. The van der Waals surface area contributed by atoms with Crippen molar-refractivity contribution in [2.24, 2.45) is 0 Å². The summed E-state index contributed by atoms with van der Waals surface area (Å²) >= 11 is 6.07. The Hall–Kier alpha value is -1.04. The minimum absolute atomic E-state index is 0.598. The van der Waals surface area contributed by atoms with E-state index in [1.807, 2.05) is 18.2 Å². The van der Waals surface area contributed by atoms with Crippen LogP contribution in [0.15, 0.2) is 24.3 Å². The fourth-order valence-electron chi connectivity index (χ4n) is 1.77. The van der Waals surface area contributed by atoms with Gasteiger partial charge in [-0.1, -0.05) is 29.8 Å². The van der Waals surface area contributed by atoms with E-state index in [0.717, 1.165) is 24.5 Å². The van der Waals surface area contributed by atoms with Crippen molar-refractivity contribution in [3.8, 4) is 6.07 Å². The standard InChI is InChI=1S/C12H13ClN2/c13-12-6-2-1-4-10(12)8-15-9-11(15)5-3-7-14/h1-2,4,6,11H,3,5,8-9H2. The van der Waals surface area contributed by atoms with E-state index in [1.165, 1.54) is 5.56 Å². The van der Waals surface area contributed by atoms with Gasteiger partial charge in [0.15, 0.2) is 0 Å². The molecule has 3 heteroatoms. The topological polar surface area (TPSA) is 26.8 Å². The Labute approximate surface area is 95.1 Å². The third-order valence-electron chi connectivity index (χ3n) is 2.75. The molecule has 2 rings (SSSR count). The summed E-state index contributed by atoms with van der Waals surface area (Å²) < 4.78 is 0. The molecule has 1 aromatic rings. The Morgan fingerprint density at radius 1 is 1.47 bits per heavy atom. The molecule has 2 nitrogen and oxygen atoms in total. The van der Waals surface area contributed by atoms with Gasteiger partial charge in [-0.05, 0) is 18.1 Å². The van der Waals surface area contributed by atoms with Gasteiger partial charge in [0.2, 0.25) is 0 Å². The second-order valence-corrected chi connectivity index (χ2v) is 4.28. The molecule has 0 saturated carbocycles. The Morgan fingerprint density at radius 2 is 2.27 bits per heavy atom. The van der Waals surface area contributed by atoms with E-state index in [2.05, 4.69) is 17.0 Å². The van der Waals surface area contributed by atoms with Crippen molar-refractivity contribution in [1.29, 1.82) is 5.26 Å². The van der Waals surface area contributed by atoms with E-state index in [4.69, 9.17) is 16.9 Å². The molecule has 1 aliphatic rings. The lowest BCUT2D eigenvalue weighted by atomic mass is 10.2. The largest absolute Gasteiger partial charge is 0.293 e. The van der Waals surface area contributed by atoms with Crippen molar-refractivity contribution < 1.29 is 0 Å². The van der Waals surface area contributed by atoms with Gasteiger partial charge in [-0.2, -0.15) is 5.26 Å². The maximum absolute atomic E-state index is 8.47. The zero-order valence-electron chi connectivity index (χ0n) is 8.49. The molecule has 15 heavy (non-hydrogen) atoms. The molecule has 2 unspecified atom stereocenters. The Morgan fingerprint density at radius 3 is 3.00 bits per heavy atom. The van der Waals surface area contributed by atoms with Crippen LogP contribution in [0.4, 0.5) is 0 Å². The lowest BCUT2D eigenvalue weighted by Gasteiger charge is -2.05. The summed E-state index contributed by atoms with van der Waals surface area (Å²) in [5.41, 5.74) is 1.18. The van der Waals surface area contributed by atoms with Gasteiger partial charge in [0.25, 0.3) is 0 Å². The van der Waals surface area contributed by atoms with Crippen molar-refractivity contribution in [2.75, 3.05) is 6.54 Å². The monoisotopic (exact) mass is 220 g/mol. The van der Waals surface area contributed by atoms with Crippen molar-refractivity contribution in [3.63, 3.8) is 0 Å². The lowest BCUT2D eigenvalue weighted by Crippen LogP contribution is -2.02. The predicted octanol–water partition coefficient (Wildman–Crippen LogP) is 2.83. The van der Waals surface area contributed by atoms with E-state index in [1.54, 1.807) is 0 Å². The van der Waals surface area contributed by atoms with Crippen LogP contribution in [0.25, 0.3) is 0 Å². The maximum atomic E-state index is 8.47. The number of rotatable bonds is 4. The molecule has 0 radical (unpaired) electrons. The normalized spacial score (nSPS) is 23.5. The van der Waals surface area contributed by atoms with Crippen LogP contribution in [-0.2, 0) is 6.54 Å². The van der Waals surface area contributed by atoms with E-state index < -0.39 is 0 Å². The quantitative estimate of drug-likeness (QED) is 0.730.